The van der Waals surface area contributed by atoms with Crippen molar-refractivity contribution in [2.45, 2.75) is 39.5 Å². The Kier molecular flexibility index (Phi) is 7.98. The fourth-order valence-electron chi connectivity index (χ4n) is 3.54. The van der Waals surface area contributed by atoms with Crippen molar-refractivity contribution in [1.29, 1.82) is 0 Å². The van der Waals surface area contributed by atoms with Gasteiger partial charge in [-0.05, 0) is 42.7 Å². The first-order valence-electron chi connectivity index (χ1n) is 9.94. The largest absolute Gasteiger partial charge is 0.469 e. The summed E-state index contributed by atoms with van der Waals surface area (Å²) in [6.45, 7) is 4.62. The topological polar surface area (TPSA) is 102 Å². The second-order valence-electron chi connectivity index (χ2n) is 7.12. The lowest BCUT2D eigenvalue weighted by molar-refractivity contribution is -0.197. The number of primary amides is 1. The number of ether oxygens (including phenoxy) is 1. The monoisotopic (exact) mass is 411 g/mol. The summed E-state index contributed by atoms with van der Waals surface area (Å²) < 4.78 is 5.92. The molecule has 0 spiro atoms. The molecule has 3 N–H and O–H groups in total. The number of nitrogens with one attached hydrogen (secondary N) is 1. The highest BCUT2D eigenvalue weighted by molar-refractivity contribution is 5.92. The minimum absolute atomic E-state index is 0.126. The van der Waals surface area contributed by atoms with Gasteiger partial charge in [0.15, 0.2) is 6.23 Å². The molecule has 160 valence electrons. The van der Waals surface area contributed by atoms with Crippen LogP contribution in [-0.4, -0.2) is 36.4 Å². The van der Waals surface area contributed by atoms with Crippen LogP contribution in [-0.2, 0) is 16.1 Å². The van der Waals surface area contributed by atoms with Crippen LogP contribution >= 0.6 is 0 Å². The zero-order chi connectivity index (χ0) is 22.1. The quantitative estimate of drug-likeness (QED) is 0.515. The maximum Gasteiger partial charge on any atom is 0.248 e. The first kappa shape index (κ1) is 22.9. The standard InChI is InChI=1S/C15H20N2O3.C8H9NO/c1-4-15(5-2)13(19)17(3)14(15)20-11-8-6-10(7-9-11)12(16)18;10-7-9-6-8-4-2-1-3-5-8/h6-9,14H,4-5H2,1-3H3,(H2,16,18);1-5,7H,6H2,(H,9,10). The van der Waals surface area contributed by atoms with Crippen molar-refractivity contribution in [2.24, 2.45) is 11.1 Å². The summed E-state index contributed by atoms with van der Waals surface area (Å²) in [7, 11) is 1.74. The molecule has 3 rings (SSSR count). The SMILES string of the molecule is CCC1(CC)C(=O)N(C)C1Oc1ccc(C(N)=O)cc1.O=CNCc1ccccc1. The molecule has 0 aliphatic carbocycles. The number of nitrogens with zero attached hydrogens (tertiary/aromatic N) is 1. The molecular weight excluding hydrogens is 382 g/mol. The van der Waals surface area contributed by atoms with Crippen LogP contribution in [0.5, 0.6) is 5.75 Å². The van der Waals surface area contributed by atoms with Crippen LogP contribution < -0.4 is 15.8 Å². The minimum atomic E-state index is -0.469. The minimum Gasteiger partial charge on any atom is -0.469 e. The summed E-state index contributed by atoms with van der Waals surface area (Å²) in [5.74, 6) is 0.288. The van der Waals surface area contributed by atoms with E-state index in [0.717, 1.165) is 18.4 Å². The lowest BCUT2D eigenvalue weighted by Gasteiger charge is -2.53. The van der Waals surface area contributed by atoms with Gasteiger partial charge < -0.3 is 20.7 Å². The molecule has 7 nitrogen and oxygen atoms in total. The predicted molar refractivity (Wildman–Crippen MR) is 115 cm³/mol. The molecule has 1 saturated heterocycles. The third-order valence-electron chi connectivity index (χ3n) is 5.45. The highest BCUT2D eigenvalue weighted by Crippen LogP contribution is 2.44. The number of likely N-dealkylation sites (tertiary alicyclic amines) is 1. The zero-order valence-electron chi connectivity index (χ0n) is 17.6. The summed E-state index contributed by atoms with van der Waals surface area (Å²) in [4.78, 5) is 34.6. The number of carbonyl (C=O) groups is 3. The molecule has 0 radical (unpaired) electrons. The average Bonchev–Trinajstić information content (AvgIpc) is 2.79. The Morgan fingerprint density at radius 1 is 1.13 bits per heavy atom. The van der Waals surface area contributed by atoms with Gasteiger partial charge in [-0.2, -0.15) is 0 Å². The molecule has 3 amide bonds. The molecule has 30 heavy (non-hydrogen) atoms. The van der Waals surface area contributed by atoms with Crippen LogP contribution in [0.1, 0.15) is 42.6 Å². The Labute approximate surface area is 177 Å². The maximum atomic E-state index is 12.1. The summed E-state index contributed by atoms with van der Waals surface area (Å²) in [5.41, 5.74) is 6.32. The van der Waals surface area contributed by atoms with Gasteiger partial charge in [-0.15, -0.1) is 0 Å². The van der Waals surface area contributed by atoms with Crippen molar-refractivity contribution in [3.63, 3.8) is 0 Å². The smallest absolute Gasteiger partial charge is 0.248 e. The second-order valence-corrected chi connectivity index (χ2v) is 7.12. The Morgan fingerprint density at radius 3 is 2.23 bits per heavy atom. The van der Waals surface area contributed by atoms with Crippen LogP contribution in [0.15, 0.2) is 54.6 Å². The van der Waals surface area contributed by atoms with E-state index >= 15 is 0 Å². The van der Waals surface area contributed by atoms with Gasteiger partial charge in [0, 0.05) is 19.2 Å². The average molecular weight is 412 g/mol. The molecule has 2 aromatic carbocycles. The van der Waals surface area contributed by atoms with E-state index in [1.807, 2.05) is 44.2 Å². The molecule has 2 aromatic rings. The van der Waals surface area contributed by atoms with Gasteiger partial charge in [0.25, 0.3) is 0 Å². The van der Waals surface area contributed by atoms with E-state index in [4.69, 9.17) is 10.5 Å². The second kappa shape index (κ2) is 10.4. The third kappa shape index (κ3) is 4.97. The van der Waals surface area contributed by atoms with Gasteiger partial charge in [-0.3, -0.25) is 14.4 Å². The van der Waals surface area contributed by atoms with E-state index in [1.54, 1.807) is 36.2 Å². The lowest BCUT2D eigenvalue weighted by atomic mass is 9.72. The zero-order valence-corrected chi connectivity index (χ0v) is 17.6. The molecule has 0 aromatic heterocycles. The van der Waals surface area contributed by atoms with Crippen molar-refractivity contribution in [3.05, 3.63) is 65.7 Å². The number of amides is 3. The van der Waals surface area contributed by atoms with Crippen LogP contribution in [0.25, 0.3) is 0 Å². The summed E-state index contributed by atoms with van der Waals surface area (Å²) in [6, 6.07) is 16.4. The number of hydrogen-bond acceptors (Lipinski definition) is 4. The highest BCUT2D eigenvalue weighted by atomic mass is 16.5. The van der Waals surface area contributed by atoms with E-state index < -0.39 is 11.3 Å². The predicted octanol–water partition coefficient (Wildman–Crippen LogP) is 2.70. The number of β-lactam (4-membered cyclic amide) rings is 1. The van der Waals surface area contributed by atoms with E-state index in [0.29, 0.717) is 24.3 Å². The summed E-state index contributed by atoms with van der Waals surface area (Å²) >= 11 is 0. The fourth-order valence-corrected chi connectivity index (χ4v) is 3.54. The molecule has 1 heterocycles. The van der Waals surface area contributed by atoms with Crippen LogP contribution in [0.4, 0.5) is 0 Å². The first-order valence-corrected chi connectivity index (χ1v) is 9.94. The molecule has 1 fully saturated rings. The van der Waals surface area contributed by atoms with Crippen LogP contribution in [0, 0.1) is 5.41 Å². The van der Waals surface area contributed by atoms with Gasteiger partial charge in [-0.1, -0.05) is 44.2 Å². The molecule has 7 heteroatoms. The molecule has 0 saturated carbocycles. The van der Waals surface area contributed by atoms with Gasteiger partial charge in [0.05, 0.1) is 0 Å². The van der Waals surface area contributed by atoms with Crippen molar-refractivity contribution < 1.29 is 19.1 Å². The Morgan fingerprint density at radius 2 is 1.73 bits per heavy atom. The van der Waals surface area contributed by atoms with Crippen LogP contribution in [0.2, 0.25) is 0 Å². The van der Waals surface area contributed by atoms with E-state index in [-0.39, 0.29) is 12.1 Å². The number of hydrogen-bond donors (Lipinski definition) is 2. The molecule has 0 bridgehead atoms. The number of benzene rings is 2. The molecule has 1 aliphatic rings. The normalized spacial score (nSPS) is 16.6. The Balaban J connectivity index is 0.000000269. The summed E-state index contributed by atoms with van der Waals surface area (Å²) in [6.07, 6.45) is 1.94. The molecule has 1 aliphatic heterocycles. The lowest BCUT2D eigenvalue weighted by Crippen LogP contribution is -2.69. The Bertz CT molecular complexity index is 849. The first-order chi connectivity index (χ1) is 14.4. The Hall–Kier alpha value is -3.35. The van der Waals surface area contributed by atoms with Crippen molar-refractivity contribution in [2.75, 3.05) is 7.05 Å². The molecule has 1 atom stereocenters. The molecular formula is C23H29N3O4. The van der Waals surface area contributed by atoms with Gasteiger partial charge >= 0.3 is 0 Å². The van der Waals surface area contributed by atoms with Gasteiger partial charge in [0.1, 0.15) is 11.2 Å². The number of rotatable bonds is 8. The van der Waals surface area contributed by atoms with Crippen molar-refractivity contribution in [3.8, 4) is 5.75 Å². The third-order valence-corrected chi connectivity index (χ3v) is 5.45. The molecule has 1 unspecified atom stereocenters. The van der Waals surface area contributed by atoms with Gasteiger partial charge in [-0.25, -0.2) is 0 Å². The fraction of sp³-hybridized carbons (Fsp3) is 0.348. The van der Waals surface area contributed by atoms with Crippen molar-refractivity contribution in [1.82, 2.24) is 10.2 Å². The van der Waals surface area contributed by atoms with Crippen molar-refractivity contribution >= 4 is 18.2 Å². The van der Waals surface area contributed by atoms with E-state index in [1.165, 1.54) is 0 Å². The summed E-state index contributed by atoms with van der Waals surface area (Å²) in [5, 5.41) is 2.58. The van der Waals surface area contributed by atoms with Crippen LogP contribution in [0.3, 0.4) is 0 Å². The van der Waals surface area contributed by atoms with E-state index in [9.17, 15) is 14.4 Å². The maximum absolute atomic E-state index is 12.1. The number of carbonyl (C=O) groups excluding carboxylic acids is 3. The highest BCUT2D eigenvalue weighted by Gasteiger charge is 2.58. The van der Waals surface area contributed by atoms with Gasteiger partial charge in [0.2, 0.25) is 18.2 Å². The van der Waals surface area contributed by atoms with E-state index in [2.05, 4.69) is 5.32 Å². The number of nitrogens with two attached hydrogens (primary N) is 1.